The first-order valence-electron chi connectivity index (χ1n) is 16.0. The molecule has 0 saturated heterocycles. The molecule has 0 heterocycles. The second kappa shape index (κ2) is 13.2. The number of benzene rings is 2. The van der Waals surface area contributed by atoms with E-state index in [0.29, 0.717) is 42.5 Å². The summed E-state index contributed by atoms with van der Waals surface area (Å²) in [6, 6.07) is 13.5. The van der Waals surface area contributed by atoms with Gasteiger partial charge >= 0.3 is 0 Å². The van der Waals surface area contributed by atoms with Crippen molar-refractivity contribution < 1.29 is 9.53 Å². The van der Waals surface area contributed by atoms with Gasteiger partial charge in [-0.25, -0.2) is 0 Å². The Bertz CT molecular complexity index is 1080. The summed E-state index contributed by atoms with van der Waals surface area (Å²) < 4.78 is 6.87. The van der Waals surface area contributed by atoms with Gasteiger partial charge in [-0.1, -0.05) is 101 Å². The number of carbonyl (C=O) groups excluding carboxylic acids is 1. The highest BCUT2D eigenvalue weighted by atomic mass is 16.5. The number of rotatable bonds is 13. The molecule has 4 rings (SSSR count). The van der Waals surface area contributed by atoms with Crippen LogP contribution in [-0.2, 0) is 16.0 Å². The maximum absolute atomic E-state index is 13.7. The summed E-state index contributed by atoms with van der Waals surface area (Å²) in [6.45, 7) is 16.1. The number of ether oxygens (including phenoxy) is 1. The summed E-state index contributed by atoms with van der Waals surface area (Å²) in [5.74, 6) is 1.75. The zero-order valence-electron chi connectivity index (χ0n) is 25.9. The van der Waals surface area contributed by atoms with Crippen LogP contribution in [0.15, 0.2) is 36.4 Å². The van der Waals surface area contributed by atoms with E-state index in [1.54, 1.807) is 0 Å². The van der Waals surface area contributed by atoms with Gasteiger partial charge in [-0.15, -0.1) is 0 Å². The van der Waals surface area contributed by atoms with E-state index in [0.717, 1.165) is 19.3 Å². The smallest absolute Gasteiger partial charge is 0.137 e. The summed E-state index contributed by atoms with van der Waals surface area (Å²) in [5, 5.41) is 0. The monoisotopic (exact) mass is 530 g/mol. The van der Waals surface area contributed by atoms with Crippen molar-refractivity contribution in [1.82, 2.24) is 0 Å². The summed E-state index contributed by atoms with van der Waals surface area (Å²) in [5.41, 5.74) is 8.13. The second-order valence-electron chi connectivity index (χ2n) is 13.7. The van der Waals surface area contributed by atoms with E-state index in [4.69, 9.17) is 4.74 Å². The summed E-state index contributed by atoms with van der Waals surface area (Å²) in [7, 11) is 0. The van der Waals surface area contributed by atoms with Crippen molar-refractivity contribution in [3.8, 4) is 11.1 Å². The largest absolute Gasteiger partial charge is 0.375 e. The molecule has 2 aromatic rings. The molecular formula is C37H54O2. The molecule has 2 heteroatoms. The Morgan fingerprint density at radius 2 is 1.67 bits per heavy atom. The van der Waals surface area contributed by atoms with Crippen molar-refractivity contribution in [2.75, 3.05) is 0 Å². The van der Waals surface area contributed by atoms with E-state index in [-0.39, 0.29) is 11.5 Å². The standard InChI is InChI=1S/C37H54O2/c1-8-12-32(13-9-2)39-34-16-11-19-37(6,7)36(34)27(5)23-31(38)24-29-14-10-15-33(35(29)28-17-18-28)30-21-25(3)20-26(4)22-30/h10,14-15,20-22,27-28,32,34,36H,8-9,11-13,16-19,23-24H2,1-7H3/t27-,34-,36+/m0/s1. The predicted molar refractivity (Wildman–Crippen MR) is 165 cm³/mol. The Labute approximate surface area is 239 Å². The third-order valence-electron chi connectivity index (χ3n) is 9.47. The molecule has 2 aromatic carbocycles. The van der Waals surface area contributed by atoms with Gasteiger partial charge in [-0.05, 0) is 97.8 Å². The van der Waals surface area contributed by atoms with Crippen LogP contribution in [0, 0.1) is 31.1 Å². The normalized spacial score (nSPS) is 21.7. The number of Topliss-reactive ketones (excluding diaryl/α,β-unsaturated/α-hetero) is 1. The number of carbonyl (C=O) groups is 1. The van der Waals surface area contributed by atoms with Gasteiger partial charge in [0, 0.05) is 12.8 Å². The van der Waals surface area contributed by atoms with E-state index < -0.39 is 0 Å². The molecule has 39 heavy (non-hydrogen) atoms. The third-order valence-corrected chi connectivity index (χ3v) is 9.47. The molecule has 0 spiro atoms. The average molecular weight is 531 g/mol. The molecule has 0 aliphatic heterocycles. The minimum absolute atomic E-state index is 0.202. The van der Waals surface area contributed by atoms with E-state index in [1.807, 2.05) is 0 Å². The summed E-state index contributed by atoms with van der Waals surface area (Å²) in [4.78, 5) is 13.7. The molecule has 2 aliphatic carbocycles. The van der Waals surface area contributed by atoms with Crippen LogP contribution in [-0.4, -0.2) is 18.0 Å². The van der Waals surface area contributed by atoms with Crippen molar-refractivity contribution in [2.45, 2.75) is 137 Å². The Kier molecular flexibility index (Phi) is 10.1. The molecular weight excluding hydrogens is 476 g/mol. The van der Waals surface area contributed by atoms with Crippen molar-refractivity contribution in [1.29, 1.82) is 0 Å². The van der Waals surface area contributed by atoms with Crippen LogP contribution in [0.2, 0.25) is 0 Å². The highest BCUT2D eigenvalue weighted by Crippen LogP contribution is 2.48. The molecule has 2 aliphatic rings. The Hall–Kier alpha value is -1.93. The van der Waals surface area contributed by atoms with E-state index in [2.05, 4.69) is 84.9 Å². The molecule has 0 radical (unpaired) electrons. The molecule has 2 fully saturated rings. The lowest BCUT2D eigenvalue weighted by atomic mass is 9.62. The van der Waals surface area contributed by atoms with Crippen LogP contribution < -0.4 is 0 Å². The van der Waals surface area contributed by atoms with Gasteiger partial charge in [0.25, 0.3) is 0 Å². The van der Waals surface area contributed by atoms with Gasteiger partial charge in [-0.2, -0.15) is 0 Å². The first-order valence-corrected chi connectivity index (χ1v) is 16.0. The molecule has 2 nitrogen and oxygen atoms in total. The van der Waals surface area contributed by atoms with Crippen LogP contribution in [0.4, 0.5) is 0 Å². The molecule has 0 amide bonds. The van der Waals surface area contributed by atoms with Gasteiger partial charge in [0.1, 0.15) is 5.78 Å². The first-order chi connectivity index (χ1) is 18.6. The fourth-order valence-electron chi connectivity index (χ4n) is 7.84. The number of hydrogen-bond acceptors (Lipinski definition) is 2. The molecule has 0 N–H and O–H groups in total. The second-order valence-corrected chi connectivity index (χ2v) is 13.7. The quantitative estimate of drug-likeness (QED) is 0.257. The number of hydrogen-bond donors (Lipinski definition) is 0. The molecule has 2 saturated carbocycles. The first kappa shape index (κ1) is 30.0. The van der Waals surface area contributed by atoms with Crippen molar-refractivity contribution in [3.63, 3.8) is 0 Å². The van der Waals surface area contributed by atoms with E-state index in [1.165, 1.54) is 71.9 Å². The average Bonchev–Trinajstić information content (AvgIpc) is 3.68. The van der Waals surface area contributed by atoms with Crippen LogP contribution in [0.25, 0.3) is 11.1 Å². The van der Waals surface area contributed by atoms with Crippen molar-refractivity contribution in [2.24, 2.45) is 17.3 Å². The predicted octanol–water partition coefficient (Wildman–Crippen LogP) is 10.2. The van der Waals surface area contributed by atoms with E-state index >= 15 is 0 Å². The van der Waals surface area contributed by atoms with Crippen LogP contribution in [0.3, 0.4) is 0 Å². The lowest BCUT2D eigenvalue weighted by Crippen LogP contribution is -2.45. The minimum atomic E-state index is 0.202. The highest BCUT2D eigenvalue weighted by Gasteiger charge is 2.43. The molecule has 0 unspecified atom stereocenters. The summed E-state index contributed by atoms with van der Waals surface area (Å²) >= 11 is 0. The fraction of sp³-hybridized carbons (Fsp3) is 0.649. The molecule has 214 valence electrons. The lowest BCUT2D eigenvalue weighted by molar-refractivity contribution is -0.128. The van der Waals surface area contributed by atoms with Crippen LogP contribution >= 0.6 is 0 Å². The zero-order chi connectivity index (χ0) is 28.2. The fourth-order valence-corrected chi connectivity index (χ4v) is 7.84. The SMILES string of the molecule is CCCC(CCC)O[C@H]1CCCC(C)(C)[C@@H]1[C@@H](C)CC(=O)Cc1cccc(-c2cc(C)cc(C)c2)c1C1CC1. The molecule has 0 aromatic heterocycles. The molecule has 0 bridgehead atoms. The number of aryl methyl sites for hydroxylation is 2. The van der Waals surface area contributed by atoms with Crippen molar-refractivity contribution >= 4 is 5.78 Å². The minimum Gasteiger partial charge on any atom is -0.375 e. The van der Waals surface area contributed by atoms with Gasteiger partial charge in [-0.3, -0.25) is 4.79 Å². The number of ketones is 1. The Morgan fingerprint density at radius 1 is 1.00 bits per heavy atom. The van der Waals surface area contributed by atoms with Gasteiger partial charge in [0.05, 0.1) is 12.2 Å². The maximum Gasteiger partial charge on any atom is 0.137 e. The Balaban J connectivity index is 1.52. The van der Waals surface area contributed by atoms with Crippen molar-refractivity contribution in [3.05, 3.63) is 58.7 Å². The maximum atomic E-state index is 13.7. The van der Waals surface area contributed by atoms with Crippen LogP contribution in [0.5, 0.6) is 0 Å². The third kappa shape index (κ3) is 7.63. The highest BCUT2D eigenvalue weighted by molar-refractivity contribution is 5.83. The van der Waals surface area contributed by atoms with E-state index in [9.17, 15) is 4.79 Å². The lowest BCUT2D eigenvalue weighted by Gasteiger charge is -2.48. The molecule has 3 atom stereocenters. The topological polar surface area (TPSA) is 26.3 Å². The zero-order valence-corrected chi connectivity index (χ0v) is 25.9. The van der Waals surface area contributed by atoms with Gasteiger partial charge in [0.2, 0.25) is 0 Å². The Morgan fingerprint density at radius 3 is 2.28 bits per heavy atom. The van der Waals surface area contributed by atoms with Gasteiger partial charge < -0.3 is 4.74 Å². The summed E-state index contributed by atoms with van der Waals surface area (Å²) in [6.07, 6.45) is 12.6. The van der Waals surface area contributed by atoms with Gasteiger partial charge in [0.15, 0.2) is 0 Å². The van der Waals surface area contributed by atoms with Crippen LogP contribution in [0.1, 0.15) is 127 Å².